The Hall–Kier alpha value is -0.120. The minimum Gasteiger partial charge on any atom is -0.394 e. The van der Waals surface area contributed by atoms with Crippen LogP contribution in [0.4, 0.5) is 0 Å². The quantitative estimate of drug-likeness (QED) is 0.453. The average Bonchev–Trinajstić information content (AvgIpc) is 1.98. The van der Waals surface area contributed by atoms with Crippen LogP contribution in [0.5, 0.6) is 0 Å². The van der Waals surface area contributed by atoms with Crippen LogP contribution in [-0.4, -0.2) is 36.5 Å². The van der Waals surface area contributed by atoms with Crippen molar-refractivity contribution in [3.63, 3.8) is 0 Å². The molecule has 0 aromatic carbocycles. The summed E-state index contributed by atoms with van der Waals surface area (Å²) in [6, 6.07) is 0. The van der Waals surface area contributed by atoms with E-state index in [-0.39, 0.29) is 6.61 Å². The first-order chi connectivity index (χ1) is 4.81. The lowest BCUT2D eigenvalue weighted by molar-refractivity contribution is 0.0862. The second-order valence-corrected chi connectivity index (χ2v) is 2.44. The van der Waals surface area contributed by atoms with E-state index in [1.54, 1.807) is 0 Å². The van der Waals surface area contributed by atoms with Crippen LogP contribution in [0.25, 0.3) is 0 Å². The Labute approximate surface area is 62.1 Å². The van der Waals surface area contributed by atoms with E-state index in [1.165, 1.54) is 0 Å². The summed E-state index contributed by atoms with van der Waals surface area (Å²) in [5.74, 6) is 0. The Balaban J connectivity index is 2.89. The Kier molecular flexibility index (Phi) is 6.91. The molecule has 0 rings (SSSR count). The molecule has 3 N–H and O–H groups in total. The van der Waals surface area contributed by atoms with Crippen LogP contribution in [0.3, 0.4) is 0 Å². The molecule has 10 heavy (non-hydrogen) atoms. The molecule has 1 unspecified atom stereocenters. The van der Waals surface area contributed by atoms with E-state index >= 15 is 0 Å². The summed E-state index contributed by atoms with van der Waals surface area (Å²) < 4.78 is 0. The molecule has 0 saturated heterocycles. The van der Waals surface area contributed by atoms with Crippen LogP contribution in [0.2, 0.25) is 0 Å². The van der Waals surface area contributed by atoms with Gasteiger partial charge in [-0.05, 0) is 32.9 Å². The molecule has 0 aromatic heterocycles. The van der Waals surface area contributed by atoms with Crippen molar-refractivity contribution in [1.29, 1.82) is 0 Å². The summed E-state index contributed by atoms with van der Waals surface area (Å²) in [6.45, 7) is 0.873. The normalized spacial score (nSPS) is 13.5. The minimum atomic E-state index is -0.517. The van der Waals surface area contributed by atoms with Gasteiger partial charge in [0, 0.05) is 0 Å². The molecular weight excluding hydrogens is 130 g/mol. The first kappa shape index (κ1) is 9.88. The molecule has 0 fully saturated rings. The van der Waals surface area contributed by atoms with Gasteiger partial charge in [-0.1, -0.05) is 0 Å². The van der Waals surface area contributed by atoms with Crippen LogP contribution in [0, 0.1) is 0 Å². The van der Waals surface area contributed by atoms with Crippen molar-refractivity contribution in [3.8, 4) is 0 Å². The highest BCUT2D eigenvalue weighted by atomic mass is 16.3. The summed E-state index contributed by atoms with van der Waals surface area (Å²) in [4.78, 5) is 0. The van der Waals surface area contributed by atoms with Crippen molar-refractivity contribution >= 4 is 0 Å². The lowest BCUT2D eigenvalue weighted by atomic mass is 10.1. The lowest BCUT2D eigenvalue weighted by Crippen LogP contribution is -2.13. The zero-order valence-electron chi connectivity index (χ0n) is 6.51. The van der Waals surface area contributed by atoms with Crippen LogP contribution >= 0.6 is 0 Å². The molecule has 3 heteroatoms. The van der Waals surface area contributed by atoms with E-state index in [9.17, 15) is 0 Å². The van der Waals surface area contributed by atoms with Crippen LogP contribution in [-0.2, 0) is 0 Å². The lowest BCUT2D eigenvalue weighted by Gasteiger charge is -2.05. The second-order valence-electron chi connectivity index (χ2n) is 2.44. The van der Waals surface area contributed by atoms with Gasteiger partial charge in [-0.2, -0.15) is 0 Å². The third-order valence-corrected chi connectivity index (χ3v) is 1.42. The van der Waals surface area contributed by atoms with Crippen molar-refractivity contribution in [3.05, 3.63) is 0 Å². The van der Waals surface area contributed by atoms with Crippen molar-refractivity contribution in [2.45, 2.75) is 25.4 Å². The molecule has 0 aliphatic heterocycles. The Bertz CT molecular complexity index is 68.6. The second kappa shape index (κ2) is 6.99. The van der Waals surface area contributed by atoms with Gasteiger partial charge in [0.2, 0.25) is 0 Å². The van der Waals surface area contributed by atoms with E-state index in [0.29, 0.717) is 6.42 Å². The van der Waals surface area contributed by atoms with Crippen molar-refractivity contribution in [1.82, 2.24) is 5.32 Å². The number of hydrogen-bond donors (Lipinski definition) is 3. The monoisotopic (exact) mass is 147 g/mol. The van der Waals surface area contributed by atoms with Gasteiger partial charge in [-0.25, -0.2) is 0 Å². The fraction of sp³-hybridized carbons (Fsp3) is 1.00. The molecule has 0 aliphatic rings. The van der Waals surface area contributed by atoms with Gasteiger partial charge in [0.25, 0.3) is 0 Å². The first-order valence-electron chi connectivity index (χ1n) is 3.74. The summed E-state index contributed by atoms with van der Waals surface area (Å²) in [5, 5.41) is 20.3. The number of nitrogens with one attached hydrogen (secondary N) is 1. The number of unbranched alkanes of at least 4 members (excludes halogenated alkanes) is 1. The van der Waals surface area contributed by atoms with E-state index in [0.717, 1.165) is 19.4 Å². The molecular formula is C7H17NO2. The highest BCUT2D eigenvalue weighted by Gasteiger charge is 1.99. The van der Waals surface area contributed by atoms with E-state index in [2.05, 4.69) is 5.32 Å². The summed E-state index contributed by atoms with van der Waals surface area (Å²) in [5.41, 5.74) is 0. The maximum atomic E-state index is 8.89. The maximum absolute atomic E-state index is 8.89. The van der Waals surface area contributed by atoms with Gasteiger partial charge in [0.15, 0.2) is 0 Å². The van der Waals surface area contributed by atoms with Gasteiger partial charge in [0.05, 0.1) is 12.7 Å². The number of hydrogen-bond acceptors (Lipinski definition) is 3. The number of rotatable bonds is 6. The fourth-order valence-electron chi connectivity index (χ4n) is 0.773. The van der Waals surface area contributed by atoms with Gasteiger partial charge in [-0.15, -0.1) is 0 Å². The van der Waals surface area contributed by atoms with E-state index < -0.39 is 6.10 Å². The summed E-state index contributed by atoms with van der Waals surface area (Å²) in [6.07, 6.45) is 2.23. The predicted molar refractivity (Wildman–Crippen MR) is 40.9 cm³/mol. The topological polar surface area (TPSA) is 52.5 Å². The Morgan fingerprint density at radius 2 is 2.10 bits per heavy atom. The van der Waals surface area contributed by atoms with Gasteiger partial charge >= 0.3 is 0 Å². The molecule has 0 spiro atoms. The molecule has 0 aromatic rings. The van der Waals surface area contributed by atoms with E-state index in [4.69, 9.17) is 10.2 Å². The van der Waals surface area contributed by atoms with E-state index in [1.807, 2.05) is 7.05 Å². The molecule has 62 valence electrons. The highest BCUT2D eigenvalue weighted by Crippen LogP contribution is 1.98. The third-order valence-electron chi connectivity index (χ3n) is 1.42. The van der Waals surface area contributed by atoms with Crippen LogP contribution < -0.4 is 5.32 Å². The standard InChI is InChI=1S/C7H17NO2/c1-8-5-3-2-4-7(10)6-9/h7-10H,2-6H2,1H3. The third kappa shape index (κ3) is 6.01. The smallest absolute Gasteiger partial charge is 0.0770 e. The van der Waals surface area contributed by atoms with Crippen LogP contribution in [0.1, 0.15) is 19.3 Å². The predicted octanol–water partition coefficient (Wildman–Crippen LogP) is -0.271. The van der Waals surface area contributed by atoms with Crippen molar-refractivity contribution in [2.24, 2.45) is 0 Å². The van der Waals surface area contributed by atoms with Gasteiger partial charge in [-0.3, -0.25) is 0 Å². The Morgan fingerprint density at radius 3 is 2.60 bits per heavy atom. The molecule has 0 amide bonds. The Morgan fingerprint density at radius 1 is 1.40 bits per heavy atom. The summed E-state index contributed by atoms with van der Waals surface area (Å²) >= 11 is 0. The fourth-order valence-corrected chi connectivity index (χ4v) is 0.773. The molecule has 1 atom stereocenters. The SMILES string of the molecule is CNCCCCC(O)CO. The van der Waals surface area contributed by atoms with Crippen LogP contribution in [0.15, 0.2) is 0 Å². The molecule has 0 heterocycles. The average molecular weight is 147 g/mol. The summed E-state index contributed by atoms with van der Waals surface area (Å²) in [7, 11) is 1.91. The maximum Gasteiger partial charge on any atom is 0.0770 e. The zero-order valence-corrected chi connectivity index (χ0v) is 6.51. The molecule has 3 nitrogen and oxygen atoms in total. The molecule has 0 saturated carbocycles. The highest BCUT2D eigenvalue weighted by molar-refractivity contribution is 4.53. The molecule has 0 radical (unpaired) electrons. The first-order valence-corrected chi connectivity index (χ1v) is 3.74. The number of aliphatic hydroxyl groups excluding tert-OH is 2. The molecule has 0 bridgehead atoms. The van der Waals surface area contributed by atoms with Crippen molar-refractivity contribution in [2.75, 3.05) is 20.2 Å². The minimum absolute atomic E-state index is 0.112. The number of aliphatic hydroxyl groups is 2. The van der Waals surface area contributed by atoms with Gasteiger partial charge in [0.1, 0.15) is 0 Å². The van der Waals surface area contributed by atoms with Crippen molar-refractivity contribution < 1.29 is 10.2 Å². The largest absolute Gasteiger partial charge is 0.394 e. The van der Waals surface area contributed by atoms with Gasteiger partial charge < -0.3 is 15.5 Å². The molecule has 0 aliphatic carbocycles. The zero-order chi connectivity index (χ0) is 7.82.